The molecule has 0 unspecified atom stereocenters. The summed E-state index contributed by atoms with van der Waals surface area (Å²) < 4.78 is 7.07. The number of esters is 1. The fourth-order valence-electron chi connectivity index (χ4n) is 20.8. The summed E-state index contributed by atoms with van der Waals surface area (Å²) in [5.74, 6) is 2.43. The number of carboxylic acids is 1. The average Bonchev–Trinajstić information content (AvgIpc) is 3.45. The number of alkyl halides is 1. The van der Waals surface area contributed by atoms with Crippen LogP contribution in [0.2, 0.25) is 0 Å². The lowest BCUT2D eigenvalue weighted by Crippen LogP contribution is -2.66. The second-order valence-corrected chi connectivity index (χ2v) is 33.5. The molecule has 8 saturated carbocycles. The Labute approximate surface area is 480 Å². The molecule has 0 amide bonds. The van der Waals surface area contributed by atoms with Crippen molar-refractivity contribution in [2.45, 2.75) is 240 Å². The topological polar surface area (TPSA) is 132 Å². The Morgan fingerprint density at radius 1 is 0.545 bits per heavy atom. The second-order valence-electron chi connectivity index (χ2n) is 32.6. The number of fused-ring (bicyclic) bond motifs is 14. The molecule has 9 heteroatoms. The first-order valence-corrected chi connectivity index (χ1v) is 32.3. The van der Waals surface area contributed by atoms with Crippen LogP contribution in [0, 0.1) is 112 Å². The highest BCUT2D eigenvalue weighted by atomic mass is 127. The maximum absolute atomic E-state index is 14.4. The Morgan fingerprint density at radius 3 is 1.27 bits per heavy atom. The van der Waals surface area contributed by atoms with Crippen molar-refractivity contribution in [3.8, 4) is 0 Å². The van der Waals surface area contributed by atoms with Gasteiger partial charge in [0, 0.05) is 39.9 Å². The van der Waals surface area contributed by atoms with E-state index in [1.54, 1.807) is 0 Å². The minimum Gasteiger partial charge on any atom is -0.481 e. The third kappa shape index (κ3) is 9.08. The van der Waals surface area contributed by atoms with Crippen molar-refractivity contribution in [3.05, 3.63) is 23.3 Å². The quantitative estimate of drug-likeness (QED) is 0.164. The normalized spacial score (nSPS) is 47.2. The number of Topliss-reactive ketones (excluding diaryl/α,β-unsaturated/α-hetero) is 2. The summed E-state index contributed by atoms with van der Waals surface area (Å²) in [6, 6.07) is 0. The minimum atomic E-state index is -0.721. The first-order chi connectivity index (χ1) is 35.3. The van der Waals surface area contributed by atoms with E-state index < -0.39 is 16.8 Å². The molecule has 8 fully saturated rings. The second kappa shape index (κ2) is 19.7. The summed E-state index contributed by atoms with van der Waals surface area (Å²) >= 11 is 2.38. The fraction of sp³-hybridized carbons (Fsp3) is 0.853. The third-order valence-electron chi connectivity index (χ3n) is 26.5. The molecule has 77 heavy (non-hydrogen) atoms. The molecule has 10 rings (SSSR count). The molecule has 0 saturated heterocycles. The van der Waals surface area contributed by atoms with Crippen LogP contribution in [0.1, 0.15) is 240 Å². The highest BCUT2D eigenvalue weighted by Gasteiger charge is 2.72. The number of hydrogen-bond donors (Lipinski definition) is 1. The Bertz CT molecular complexity index is 2500. The van der Waals surface area contributed by atoms with Gasteiger partial charge in [-0.25, -0.2) is 0 Å². The minimum absolute atomic E-state index is 0.0507. The van der Waals surface area contributed by atoms with Gasteiger partial charge in [-0.05, 0) is 208 Å². The average molecular weight is 1180 g/mol. The molecule has 432 valence electrons. The van der Waals surface area contributed by atoms with Crippen LogP contribution in [0.3, 0.4) is 0 Å². The van der Waals surface area contributed by atoms with E-state index in [0.717, 1.165) is 102 Å². The number of ether oxygens (including phenoxy) is 1. The van der Waals surface area contributed by atoms with E-state index in [9.17, 15) is 33.9 Å². The van der Waals surface area contributed by atoms with Crippen molar-refractivity contribution in [1.82, 2.24) is 0 Å². The van der Waals surface area contributed by atoms with Crippen LogP contribution in [-0.2, 0) is 33.5 Å². The van der Waals surface area contributed by atoms with Gasteiger partial charge >= 0.3 is 11.9 Å². The number of halogens is 1. The Hall–Kier alpha value is -2.17. The molecule has 16 atom stereocenters. The number of ketones is 4. The predicted molar refractivity (Wildman–Crippen MR) is 316 cm³/mol. The first-order valence-electron chi connectivity index (χ1n) is 30.8. The Balaban J connectivity index is 0.000000188. The highest BCUT2D eigenvalue weighted by molar-refractivity contribution is 14.1. The lowest BCUT2D eigenvalue weighted by molar-refractivity contribution is -0.188. The van der Waals surface area contributed by atoms with Gasteiger partial charge in [0.1, 0.15) is 11.6 Å². The van der Waals surface area contributed by atoms with Crippen LogP contribution >= 0.6 is 22.6 Å². The molecule has 0 aromatic heterocycles. The largest absolute Gasteiger partial charge is 0.481 e. The molecule has 0 bridgehead atoms. The number of aliphatic carboxylic acids is 1. The molecule has 10 aliphatic carbocycles. The van der Waals surface area contributed by atoms with Crippen LogP contribution < -0.4 is 0 Å². The molecule has 10 aliphatic rings. The maximum atomic E-state index is 14.4. The summed E-state index contributed by atoms with van der Waals surface area (Å²) in [4.78, 5) is 80.0. The Kier molecular flexibility index (Phi) is 15.6. The van der Waals surface area contributed by atoms with Crippen LogP contribution in [0.5, 0.6) is 0 Å². The standard InChI is InChI=1S/C34H52O4.C30H44O4.C4H9I/c1-21(2)20-38-28(37)31(6)15-14-30(5)16-17-33(8)22(23(30)19-31)18-24(35)27-32(7)12-11-26(36)29(3,4)25(32)10-13-34(27,33)9;1-25(2)21-8-11-30(7)23(28(21,5)10-9-22(25)32)20(31)16-18-19-17-27(4,24(33)34)13-12-26(19,3)14-15-29(18,30)6;1-4(2)3-5/h18,21,23,25,27H,10-17,19-20H2,1-9H3;16,19,21,23H,8-15,17H2,1-7H3,(H,33,34);4H,3H2,1-2H3/t23-,25+,27-,30-,31+,32+,33-,34-;19-,21+,23-,26-,27+,28+,29-,30-;/m11./s1. The monoisotopic (exact) mass is 1180 g/mol. The fourth-order valence-corrected chi connectivity index (χ4v) is 20.8. The molecule has 0 heterocycles. The van der Waals surface area contributed by atoms with Crippen molar-refractivity contribution in [1.29, 1.82) is 0 Å². The van der Waals surface area contributed by atoms with Crippen molar-refractivity contribution < 1.29 is 38.6 Å². The van der Waals surface area contributed by atoms with Crippen molar-refractivity contribution in [2.24, 2.45) is 112 Å². The molecule has 8 nitrogen and oxygen atoms in total. The lowest BCUT2D eigenvalue weighted by Gasteiger charge is -2.69. The van der Waals surface area contributed by atoms with Gasteiger partial charge in [-0.3, -0.25) is 28.8 Å². The molecule has 0 spiro atoms. The summed E-state index contributed by atoms with van der Waals surface area (Å²) in [6.07, 6.45) is 20.1. The van der Waals surface area contributed by atoms with E-state index in [-0.39, 0.29) is 107 Å². The van der Waals surface area contributed by atoms with Gasteiger partial charge < -0.3 is 9.84 Å². The highest BCUT2D eigenvalue weighted by Crippen LogP contribution is 2.77. The van der Waals surface area contributed by atoms with E-state index in [0.29, 0.717) is 43.4 Å². The summed E-state index contributed by atoms with van der Waals surface area (Å²) in [5, 5.41) is 10.0. The summed E-state index contributed by atoms with van der Waals surface area (Å²) in [5.41, 5.74) is -0.00168. The predicted octanol–water partition coefficient (Wildman–Crippen LogP) is 16.4. The molecule has 0 radical (unpaired) electrons. The zero-order valence-electron chi connectivity index (χ0n) is 51.6. The summed E-state index contributed by atoms with van der Waals surface area (Å²) in [7, 11) is 0. The lowest BCUT2D eigenvalue weighted by atomic mass is 9.33. The van der Waals surface area contributed by atoms with E-state index >= 15 is 0 Å². The van der Waals surface area contributed by atoms with Gasteiger partial charge in [-0.2, -0.15) is 0 Å². The van der Waals surface area contributed by atoms with Gasteiger partial charge in [0.05, 0.1) is 17.4 Å². The molecule has 0 aromatic rings. The zero-order valence-corrected chi connectivity index (χ0v) is 53.8. The zero-order chi connectivity index (χ0) is 57.5. The van der Waals surface area contributed by atoms with Crippen LogP contribution in [0.25, 0.3) is 0 Å². The van der Waals surface area contributed by atoms with Gasteiger partial charge in [-0.1, -0.05) is 145 Å². The molecule has 0 aromatic carbocycles. The van der Waals surface area contributed by atoms with Gasteiger partial charge in [0.2, 0.25) is 0 Å². The van der Waals surface area contributed by atoms with Crippen molar-refractivity contribution in [2.75, 3.05) is 11.0 Å². The number of carboxylic acid groups (broad SMARTS) is 1. The van der Waals surface area contributed by atoms with Crippen LogP contribution in [0.4, 0.5) is 0 Å². The number of carbonyl (C=O) groups excluding carboxylic acids is 5. The van der Waals surface area contributed by atoms with E-state index in [4.69, 9.17) is 4.74 Å². The Morgan fingerprint density at radius 2 is 0.909 bits per heavy atom. The first kappa shape index (κ1) is 60.9. The third-order valence-corrected chi connectivity index (χ3v) is 28.3. The molecular weight excluding hydrogens is 1070 g/mol. The number of rotatable bonds is 5. The molecule has 0 aliphatic heterocycles. The summed E-state index contributed by atoms with van der Waals surface area (Å²) in [6.45, 7) is 40.5. The van der Waals surface area contributed by atoms with Gasteiger partial charge in [0.15, 0.2) is 11.6 Å². The number of carbonyl (C=O) groups is 6. The smallest absolute Gasteiger partial charge is 0.311 e. The van der Waals surface area contributed by atoms with Crippen molar-refractivity contribution >= 4 is 57.7 Å². The van der Waals surface area contributed by atoms with Gasteiger partial charge in [-0.15, -0.1) is 0 Å². The number of allylic oxidation sites excluding steroid dienone is 4. The van der Waals surface area contributed by atoms with Crippen LogP contribution in [0.15, 0.2) is 23.3 Å². The molecule has 1 N–H and O–H groups in total. The van der Waals surface area contributed by atoms with E-state index in [2.05, 4.69) is 146 Å². The molecular formula is C68H105IO8. The maximum Gasteiger partial charge on any atom is 0.311 e. The van der Waals surface area contributed by atoms with Gasteiger partial charge in [0.25, 0.3) is 0 Å². The van der Waals surface area contributed by atoms with Crippen molar-refractivity contribution in [3.63, 3.8) is 0 Å². The number of hydrogen-bond acceptors (Lipinski definition) is 7. The SMILES string of the molecule is CC(C)CI.CC(C)COC(=O)[C@@]1(C)CC[C@]2(C)CC[C@]3(C)C(=CC(=O)[C@@H]4[C@@]5(C)CCC(=O)C(C)(C)[C@@H]5CC[C@]43C)[C@H]2C1.CC1(C)C(=O)CC[C@]2(C)[C@H]3C(=O)C=C4[C@H]5C[C@@](C)(C(=O)O)CC[C@]5(C)CC[C@@]4(C)[C@]3(C)CC[C@@H]12. The van der Waals surface area contributed by atoms with E-state index in [1.807, 2.05) is 13.0 Å². The van der Waals surface area contributed by atoms with E-state index in [1.165, 1.54) is 15.6 Å². The van der Waals surface area contributed by atoms with Crippen LogP contribution in [-0.4, -0.2) is 51.2 Å².